The van der Waals surface area contributed by atoms with Crippen LogP contribution in [0, 0.1) is 0 Å². The molecule has 0 aliphatic heterocycles. The number of fused-ring (bicyclic) bond motifs is 3. The Morgan fingerprint density at radius 2 is 1.33 bits per heavy atom. The topological polar surface area (TPSA) is 55.0 Å². The highest BCUT2D eigenvalue weighted by Gasteiger charge is 2.27. The van der Waals surface area contributed by atoms with E-state index in [1.807, 2.05) is 78.9 Å². The summed E-state index contributed by atoms with van der Waals surface area (Å²) in [6.45, 7) is 0. The minimum Gasteiger partial charge on any atom is -0.497 e. The van der Waals surface area contributed by atoms with Crippen LogP contribution in [0.4, 0.5) is 0 Å². The molecule has 4 heteroatoms. The molecule has 0 spiro atoms. The van der Waals surface area contributed by atoms with Crippen LogP contribution in [-0.2, 0) is 0 Å². The van der Waals surface area contributed by atoms with Crippen molar-refractivity contribution in [3.05, 3.63) is 108 Å². The molecular formula is C29H20N2O2. The molecular weight excluding hydrogens is 408 g/mol. The molecule has 1 aliphatic rings. The molecule has 0 atom stereocenters. The summed E-state index contributed by atoms with van der Waals surface area (Å²) in [5.41, 5.74) is 8.10. The third kappa shape index (κ3) is 3.15. The summed E-state index contributed by atoms with van der Waals surface area (Å²) in [4.78, 5) is 21.6. The van der Waals surface area contributed by atoms with E-state index < -0.39 is 0 Å². The molecule has 4 aromatic carbocycles. The molecule has 0 bridgehead atoms. The summed E-state index contributed by atoms with van der Waals surface area (Å²) in [5, 5.41) is 0. The smallest absolute Gasteiger partial charge is 0.194 e. The van der Waals surface area contributed by atoms with Gasteiger partial charge in [-0.25, -0.2) is 4.98 Å². The minimum absolute atomic E-state index is 0.0645. The Morgan fingerprint density at radius 1 is 0.667 bits per heavy atom. The number of H-pyrrole nitrogens is 1. The van der Waals surface area contributed by atoms with Crippen molar-refractivity contribution in [3.63, 3.8) is 0 Å². The Balaban J connectivity index is 1.51. The third-order valence-corrected chi connectivity index (χ3v) is 6.13. The van der Waals surface area contributed by atoms with Crippen molar-refractivity contribution in [1.82, 2.24) is 9.97 Å². The molecule has 1 aromatic heterocycles. The molecule has 1 aliphatic carbocycles. The lowest BCUT2D eigenvalue weighted by Gasteiger charge is -2.06. The molecule has 4 nitrogen and oxygen atoms in total. The molecule has 1 N–H and O–H groups in total. The van der Waals surface area contributed by atoms with Crippen LogP contribution in [0.2, 0.25) is 0 Å². The monoisotopic (exact) mass is 428 g/mol. The quantitative estimate of drug-likeness (QED) is 0.343. The summed E-state index contributed by atoms with van der Waals surface area (Å²) >= 11 is 0. The number of carbonyl (C=O) groups is 1. The van der Waals surface area contributed by atoms with Crippen molar-refractivity contribution in [3.8, 4) is 50.8 Å². The maximum absolute atomic E-state index is 13.1. The normalized spacial score (nSPS) is 11.8. The molecule has 1 heterocycles. The highest BCUT2D eigenvalue weighted by atomic mass is 16.5. The van der Waals surface area contributed by atoms with Gasteiger partial charge in [0.1, 0.15) is 11.6 Å². The number of methoxy groups -OCH3 is 1. The van der Waals surface area contributed by atoms with E-state index in [9.17, 15) is 4.79 Å². The maximum atomic E-state index is 13.1. The number of hydrogen-bond acceptors (Lipinski definition) is 3. The van der Waals surface area contributed by atoms with Gasteiger partial charge in [0.2, 0.25) is 0 Å². The molecule has 0 unspecified atom stereocenters. The second-order valence-corrected chi connectivity index (χ2v) is 8.04. The van der Waals surface area contributed by atoms with Crippen molar-refractivity contribution in [2.75, 3.05) is 7.11 Å². The Kier molecular flexibility index (Phi) is 4.44. The van der Waals surface area contributed by atoms with E-state index in [1.54, 1.807) is 7.11 Å². The highest BCUT2D eigenvalue weighted by Crippen LogP contribution is 2.40. The average Bonchev–Trinajstić information content (AvgIpc) is 3.45. The van der Waals surface area contributed by atoms with Gasteiger partial charge in [0.25, 0.3) is 0 Å². The molecule has 158 valence electrons. The van der Waals surface area contributed by atoms with Gasteiger partial charge in [-0.15, -0.1) is 0 Å². The van der Waals surface area contributed by atoms with Crippen molar-refractivity contribution < 1.29 is 9.53 Å². The zero-order valence-corrected chi connectivity index (χ0v) is 18.0. The second-order valence-electron chi connectivity index (χ2n) is 8.04. The minimum atomic E-state index is 0.0645. The van der Waals surface area contributed by atoms with Crippen molar-refractivity contribution in [2.24, 2.45) is 0 Å². The van der Waals surface area contributed by atoms with Gasteiger partial charge in [-0.05, 0) is 41.5 Å². The summed E-state index contributed by atoms with van der Waals surface area (Å²) in [6, 6.07) is 31.8. The van der Waals surface area contributed by atoms with Gasteiger partial charge in [0.05, 0.1) is 18.5 Å². The summed E-state index contributed by atoms with van der Waals surface area (Å²) in [5.74, 6) is 1.63. The van der Waals surface area contributed by atoms with E-state index in [2.05, 4.69) is 23.2 Å². The second kappa shape index (κ2) is 7.61. The lowest BCUT2D eigenvalue weighted by molar-refractivity contribution is 0.104. The van der Waals surface area contributed by atoms with Crippen molar-refractivity contribution in [1.29, 1.82) is 0 Å². The fourth-order valence-corrected chi connectivity index (χ4v) is 4.46. The van der Waals surface area contributed by atoms with Crippen LogP contribution < -0.4 is 4.74 Å². The number of hydrogen-bond donors (Lipinski definition) is 1. The standard InChI is InChI=1S/C29H20N2O2/c1-33-21-14-11-19(12-15-21)29-30-26(18-7-3-2-4-8-18)27(31-29)20-13-16-23-22-9-5-6-10-24(22)28(32)25(23)17-20/h2-17H,1H3,(H,30,31). The summed E-state index contributed by atoms with van der Waals surface area (Å²) < 4.78 is 5.29. The molecule has 0 fully saturated rings. The van der Waals surface area contributed by atoms with Gasteiger partial charge in [0, 0.05) is 27.8 Å². The first kappa shape index (κ1) is 19.3. The van der Waals surface area contributed by atoms with Gasteiger partial charge in [0.15, 0.2) is 5.78 Å². The summed E-state index contributed by atoms with van der Waals surface area (Å²) in [6.07, 6.45) is 0. The Hall–Kier alpha value is -4.44. The lowest BCUT2D eigenvalue weighted by Crippen LogP contribution is -1.95. The first-order valence-electron chi connectivity index (χ1n) is 10.8. The molecule has 6 rings (SSSR count). The number of ketones is 1. The number of benzene rings is 4. The first-order valence-corrected chi connectivity index (χ1v) is 10.8. The number of nitrogens with one attached hydrogen (secondary N) is 1. The van der Waals surface area contributed by atoms with Crippen LogP contribution in [-0.4, -0.2) is 22.9 Å². The van der Waals surface area contributed by atoms with Crippen LogP contribution in [0.15, 0.2) is 97.1 Å². The van der Waals surface area contributed by atoms with Gasteiger partial charge < -0.3 is 9.72 Å². The number of rotatable bonds is 4. The Morgan fingerprint density at radius 3 is 2.09 bits per heavy atom. The van der Waals surface area contributed by atoms with E-state index in [-0.39, 0.29) is 5.78 Å². The van der Waals surface area contributed by atoms with Crippen LogP contribution >= 0.6 is 0 Å². The molecule has 0 saturated heterocycles. The van der Waals surface area contributed by atoms with Crippen LogP contribution in [0.5, 0.6) is 5.75 Å². The molecule has 0 amide bonds. The number of imidazole rings is 1. The first-order chi connectivity index (χ1) is 16.2. The van der Waals surface area contributed by atoms with Crippen LogP contribution in [0.3, 0.4) is 0 Å². The number of aromatic nitrogens is 2. The highest BCUT2D eigenvalue weighted by molar-refractivity contribution is 6.22. The predicted molar refractivity (Wildman–Crippen MR) is 130 cm³/mol. The maximum Gasteiger partial charge on any atom is 0.194 e. The van der Waals surface area contributed by atoms with E-state index in [1.165, 1.54) is 0 Å². The van der Waals surface area contributed by atoms with Gasteiger partial charge in [-0.2, -0.15) is 0 Å². The largest absolute Gasteiger partial charge is 0.497 e. The predicted octanol–water partition coefficient (Wildman–Crippen LogP) is 6.63. The van der Waals surface area contributed by atoms with E-state index in [0.29, 0.717) is 0 Å². The number of nitrogens with zero attached hydrogens (tertiary/aromatic N) is 1. The molecule has 0 radical (unpaired) electrons. The Labute approximate surface area is 191 Å². The molecule has 33 heavy (non-hydrogen) atoms. The fourth-order valence-electron chi connectivity index (χ4n) is 4.46. The number of ether oxygens (including phenoxy) is 1. The third-order valence-electron chi connectivity index (χ3n) is 6.13. The zero-order valence-electron chi connectivity index (χ0n) is 18.0. The number of aromatic amines is 1. The Bertz CT molecular complexity index is 1500. The van der Waals surface area contributed by atoms with Gasteiger partial charge in [-0.3, -0.25) is 4.79 Å². The van der Waals surface area contributed by atoms with Crippen molar-refractivity contribution >= 4 is 5.78 Å². The van der Waals surface area contributed by atoms with Crippen LogP contribution in [0.25, 0.3) is 45.0 Å². The average molecular weight is 428 g/mol. The zero-order chi connectivity index (χ0) is 22.4. The fraction of sp³-hybridized carbons (Fsp3) is 0.0345. The van der Waals surface area contributed by atoms with E-state index in [4.69, 9.17) is 9.72 Å². The van der Waals surface area contributed by atoms with E-state index >= 15 is 0 Å². The summed E-state index contributed by atoms with van der Waals surface area (Å²) in [7, 11) is 1.65. The molecule has 5 aromatic rings. The number of carbonyl (C=O) groups excluding carboxylic acids is 1. The van der Waals surface area contributed by atoms with Crippen LogP contribution in [0.1, 0.15) is 15.9 Å². The van der Waals surface area contributed by atoms with Crippen molar-refractivity contribution in [2.45, 2.75) is 0 Å². The van der Waals surface area contributed by atoms with Gasteiger partial charge >= 0.3 is 0 Å². The van der Waals surface area contributed by atoms with Gasteiger partial charge in [-0.1, -0.05) is 66.7 Å². The lowest BCUT2D eigenvalue weighted by atomic mass is 9.99. The SMILES string of the molecule is COc1ccc(-c2nc(-c3ccc4c(c3)C(=O)c3ccccc3-4)c(-c3ccccc3)[nH]2)cc1. The molecule has 0 saturated carbocycles. The van der Waals surface area contributed by atoms with E-state index in [0.717, 1.165) is 61.9 Å².